The molecule has 0 aliphatic carbocycles. The van der Waals surface area contributed by atoms with E-state index in [0.717, 1.165) is 19.4 Å². The van der Waals surface area contributed by atoms with E-state index in [4.69, 9.17) is 10.5 Å². The summed E-state index contributed by atoms with van der Waals surface area (Å²) in [6.07, 6.45) is 2.03. The van der Waals surface area contributed by atoms with E-state index in [1.807, 2.05) is 13.8 Å². The van der Waals surface area contributed by atoms with Gasteiger partial charge < -0.3 is 15.8 Å². The van der Waals surface area contributed by atoms with Crippen molar-refractivity contribution in [2.75, 3.05) is 19.8 Å². The predicted molar refractivity (Wildman–Crippen MR) is 54.8 cm³/mol. The van der Waals surface area contributed by atoms with E-state index < -0.39 is 5.41 Å². The first-order valence-corrected chi connectivity index (χ1v) is 5.15. The number of hydrogen-bond acceptors (Lipinski definition) is 3. The largest absolute Gasteiger partial charge is 0.379 e. The van der Waals surface area contributed by atoms with Crippen molar-refractivity contribution < 1.29 is 9.53 Å². The molecule has 0 aromatic rings. The van der Waals surface area contributed by atoms with Crippen molar-refractivity contribution in [3.05, 3.63) is 0 Å². The third kappa shape index (κ3) is 2.96. The van der Waals surface area contributed by atoms with Crippen LogP contribution in [0.5, 0.6) is 0 Å². The van der Waals surface area contributed by atoms with Gasteiger partial charge in [-0.3, -0.25) is 4.79 Å². The van der Waals surface area contributed by atoms with Crippen LogP contribution in [0, 0.1) is 5.41 Å². The van der Waals surface area contributed by atoms with E-state index in [0.29, 0.717) is 13.2 Å². The van der Waals surface area contributed by atoms with E-state index in [2.05, 4.69) is 5.32 Å². The molecule has 1 aliphatic rings. The zero-order valence-electron chi connectivity index (χ0n) is 9.01. The first-order chi connectivity index (χ1) is 6.56. The number of nitrogens with one attached hydrogen (secondary N) is 1. The monoisotopic (exact) mass is 200 g/mol. The number of hydrogen-bond donors (Lipinski definition) is 2. The van der Waals surface area contributed by atoms with Crippen molar-refractivity contribution in [1.82, 2.24) is 5.32 Å². The Labute approximate surface area is 85.2 Å². The second-order valence-corrected chi connectivity index (χ2v) is 4.48. The highest BCUT2D eigenvalue weighted by Crippen LogP contribution is 2.14. The summed E-state index contributed by atoms with van der Waals surface area (Å²) in [6.45, 7) is 5.52. The zero-order chi connectivity index (χ0) is 10.6. The summed E-state index contributed by atoms with van der Waals surface area (Å²) in [4.78, 5) is 11.7. The fourth-order valence-corrected chi connectivity index (χ4v) is 1.33. The summed E-state index contributed by atoms with van der Waals surface area (Å²) >= 11 is 0. The maximum Gasteiger partial charge on any atom is 0.227 e. The van der Waals surface area contributed by atoms with Crippen molar-refractivity contribution >= 4 is 5.91 Å². The van der Waals surface area contributed by atoms with Crippen LogP contribution in [-0.4, -0.2) is 31.7 Å². The number of nitrogens with two attached hydrogens (primary N) is 1. The second-order valence-electron chi connectivity index (χ2n) is 4.48. The molecule has 0 aromatic heterocycles. The quantitative estimate of drug-likeness (QED) is 0.687. The molecule has 4 heteroatoms. The molecule has 1 aliphatic heterocycles. The molecule has 14 heavy (non-hydrogen) atoms. The first-order valence-electron chi connectivity index (χ1n) is 5.15. The molecular weight excluding hydrogens is 180 g/mol. The van der Waals surface area contributed by atoms with E-state index in [-0.39, 0.29) is 11.9 Å². The Morgan fingerprint density at radius 3 is 2.86 bits per heavy atom. The normalized spacial score (nSPS) is 23.2. The highest BCUT2D eigenvalue weighted by atomic mass is 16.5. The first kappa shape index (κ1) is 11.5. The molecule has 0 aromatic carbocycles. The van der Waals surface area contributed by atoms with E-state index in [9.17, 15) is 4.79 Å². The summed E-state index contributed by atoms with van der Waals surface area (Å²) in [5.41, 5.74) is 5.05. The van der Waals surface area contributed by atoms with Crippen molar-refractivity contribution in [3.63, 3.8) is 0 Å². The molecule has 82 valence electrons. The molecule has 1 atom stereocenters. The van der Waals surface area contributed by atoms with E-state index in [1.54, 1.807) is 0 Å². The molecule has 4 nitrogen and oxygen atoms in total. The minimum absolute atomic E-state index is 0.0236. The van der Waals surface area contributed by atoms with Gasteiger partial charge in [-0.05, 0) is 26.7 Å². The number of carbonyl (C=O) groups is 1. The van der Waals surface area contributed by atoms with Crippen LogP contribution in [0.2, 0.25) is 0 Å². The highest BCUT2D eigenvalue weighted by molar-refractivity contribution is 5.82. The Morgan fingerprint density at radius 1 is 1.64 bits per heavy atom. The number of rotatable bonds is 3. The second kappa shape index (κ2) is 4.75. The minimum Gasteiger partial charge on any atom is -0.379 e. The molecule has 0 bridgehead atoms. The summed E-state index contributed by atoms with van der Waals surface area (Å²) in [5.74, 6) is 0.0236. The Bertz CT molecular complexity index is 198. The van der Waals surface area contributed by atoms with Crippen molar-refractivity contribution in [2.24, 2.45) is 11.1 Å². The van der Waals surface area contributed by atoms with Crippen LogP contribution >= 0.6 is 0 Å². The SMILES string of the molecule is CC(C)(CN)C(=O)NC1CCCOC1. The van der Waals surface area contributed by atoms with Gasteiger partial charge in [-0.2, -0.15) is 0 Å². The summed E-state index contributed by atoms with van der Waals surface area (Å²) < 4.78 is 5.28. The van der Waals surface area contributed by atoms with Gasteiger partial charge in [0, 0.05) is 13.2 Å². The maximum absolute atomic E-state index is 11.7. The maximum atomic E-state index is 11.7. The Hall–Kier alpha value is -0.610. The van der Waals surface area contributed by atoms with E-state index in [1.165, 1.54) is 0 Å². The van der Waals surface area contributed by atoms with Gasteiger partial charge in [-0.25, -0.2) is 0 Å². The van der Waals surface area contributed by atoms with E-state index >= 15 is 0 Å². The molecule has 0 spiro atoms. The van der Waals surface area contributed by atoms with Gasteiger partial charge in [0.1, 0.15) is 0 Å². The molecule has 1 unspecified atom stereocenters. The fraction of sp³-hybridized carbons (Fsp3) is 0.900. The van der Waals surface area contributed by atoms with Crippen molar-refractivity contribution in [2.45, 2.75) is 32.7 Å². The lowest BCUT2D eigenvalue weighted by molar-refractivity contribution is -0.130. The standard InChI is InChI=1S/C10H20N2O2/c1-10(2,7-11)9(13)12-8-4-3-5-14-6-8/h8H,3-7,11H2,1-2H3,(H,12,13). The van der Waals surface area contributed by atoms with Crippen LogP contribution < -0.4 is 11.1 Å². The summed E-state index contributed by atoms with van der Waals surface area (Å²) in [6, 6.07) is 0.169. The Kier molecular flexibility index (Phi) is 3.89. The number of amides is 1. The molecule has 1 saturated heterocycles. The van der Waals surface area contributed by atoms with Crippen LogP contribution in [0.15, 0.2) is 0 Å². The van der Waals surface area contributed by atoms with Crippen molar-refractivity contribution in [3.8, 4) is 0 Å². The van der Waals surface area contributed by atoms with Gasteiger partial charge >= 0.3 is 0 Å². The molecule has 0 saturated carbocycles. The third-order valence-electron chi connectivity index (χ3n) is 2.62. The Morgan fingerprint density at radius 2 is 2.36 bits per heavy atom. The smallest absolute Gasteiger partial charge is 0.227 e. The molecule has 1 amide bonds. The van der Waals surface area contributed by atoms with Gasteiger partial charge in [0.25, 0.3) is 0 Å². The number of ether oxygens (including phenoxy) is 1. The highest BCUT2D eigenvalue weighted by Gasteiger charge is 2.28. The third-order valence-corrected chi connectivity index (χ3v) is 2.62. The Balaban J connectivity index is 2.39. The lowest BCUT2D eigenvalue weighted by Gasteiger charge is -2.28. The van der Waals surface area contributed by atoms with Gasteiger partial charge in [-0.15, -0.1) is 0 Å². The van der Waals surface area contributed by atoms with Crippen LogP contribution in [0.25, 0.3) is 0 Å². The summed E-state index contributed by atoms with van der Waals surface area (Å²) in [7, 11) is 0. The average Bonchev–Trinajstić information content (AvgIpc) is 2.19. The molecule has 1 fully saturated rings. The van der Waals surface area contributed by atoms with Crippen molar-refractivity contribution in [1.29, 1.82) is 0 Å². The van der Waals surface area contributed by atoms with Crippen LogP contribution in [0.1, 0.15) is 26.7 Å². The lowest BCUT2D eigenvalue weighted by Crippen LogP contribution is -2.48. The van der Waals surface area contributed by atoms with Gasteiger partial charge in [0.2, 0.25) is 5.91 Å². The minimum atomic E-state index is -0.475. The molecular formula is C10H20N2O2. The van der Waals surface area contributed by atoms with Gasteiger partial charge in [-0.1, -0.05) is 0 Å². The molecule has 0 radical (unpaired) electrons. The molecule has 1 heterocycles. The molecule has 3 N–H and O–H groups in total. The molecule has 1 rings (SSSR count). The topological polar surface area (TPSA) is 64.4 Å². The number of carbonyl (C=O) groups excluding carboxylic acids is 1. The fourth-order valence-electron chi connectivity index (χ4n) is 1.33. The van der Waals surface area contributed by atoms with Gasteiger partial charge in [0.15, 0.2) is 0 Å². The average molecular weight is 200 g/mol. The van der Waals surface area contributed by atoms with Gasteiger partial charge in [0.05, 0.1) is 18.1 Å². The summed E-state index contributed by atoms with van der Waals surface area (Å²) in [5, 5.41) is 2.97. The zero-order valence-corrected chi connectivity index (χ0v) is 9.01. The van der Waals surface area contributed by atoms with Crippen LogP contribution in [0.3, 0.4) is 0 Å². The van der Waals surface area contributed by atoms with Crippen LogP contribution in [0.4, 0.5) is 0 Å². The lowest BCUT2D eigenvalue weighted by atomic mass is 9.92. The van der Waals surface area contributed by atoms with Crippen LogP contribution in [-0.2, 0) is 9.53 Å². The predicted octanol–water partition coefficient (Wildman–Crippen LogP) is 0.267.